The molecule has 1 aliphatic carbocycles. The number of ketones is 1. The van der Waals surface area contributed by atoms with E-state index in [2.05, 4.69) is 0 Å². The molecule has 2 N–H and O–H groups in total. The third kappa shape index (κ3) is 5.26. The molecule has 1 fully saturated rings. The van der Waals surface area contributed by atoms with Crippen molar-refractivity contribution in [3.05, 3.63) is 0 Å². The lowest BCUT2D eigenvalue weighted by Crippen LogP contribution is -2.38. The zero-order valence-corrected chi connectivity index (χ0v) is 10.3. The van der Waals surface area contributed by atoms with Crippen molar-refractivity contribution in [2.24, 2.45) is 5.92 Å². The fourth-order valence-electron chi connectivity index (χ4n) is 1.49. The largest absolute Gasteiger partial charge is 0.481 e. The summed E-state index contributed by atoms with van der Waals surface area (Å²) in [6, 6.07) is 0. The molecule has 0 aromatic heterocycles. The predicted octanol–water partition coefficient (Wildman–Crippen LogP) is 2.00. The molecule has 4 nitrogen and oxygen atoms in total. The topological polar surface area (TPSA) is 74.6 Å². The van der Waals surface area contributed by atoms with Crippen LogP contribution in [-0.2, 0) is 9.59 Å². The van der Waals surface area contributed by atoms with Crippen molar-refractivity contribution >= 4 is 11.8 Å². The second-order valence-electron chi connectivity index (χ2n) is 4.64. The average molecular weight is 230 g/mol. The molecule has 0 amide bonds. The highest BCUT2D eigenvalue weighted by atomic mass is 16.4. The molecule has 4 heteroatoms. The van der Waals surface area contributed by atoms with Gasteiger partial charge in [0.25, 0.3) is 0 Å². The van der Waals surface area contributed by atoms with E-state index in [1.165, 1.54) is 6.92 Å². The normalized spacial score (nSPS) is 18.6. The van der Waals surface area contributed by atoms with Crippen LogP contribution in [0.15, 0.2) is 0 Å². The average Bonchev–Trinajstić information content (AvgIpc) is 2.19. The standard InChI is InChI=1S/C8H14O2.C4H8O2/c1-7(9)8(10)5-3-2-4-6-8;1-3(2)4(5)6/h10H,2-6H2,1H3;3H,1-2H3,(H,5,6). The Morgan fingerprint density at radius 3 is 1.69 bits per heavy atom. The van der Waals surface area contributed by atoms with Crippen molar-refractivity contribution in [3.8, 4) is 0 Å². The molecule has 0 aliphatic heterocycles. The van der Waals surface area contributed by atoms with Crippen LogP contribution in [0.3, 0.4) is 0 Å². The van der Waals surface area contributed by atoms with Gasteiger partial charge in [-0.2, -0.15) is 0 Å². The zero-order valence-electron chi connectivity index (χ0n) is 10.3. The molecular formula is C12H22O4. The SMILES string of the molecule is CC(=O)C1(O)CCCCC1.CC(C)C(=O)O. The Morgan fingerprint density at radius 2 is 1.50 bits per heavy atom. The summed E-state index contributed by atoms with van der Waals surface area (Å²) in [4.78, 5) is 20.6. The first-order valence-corrected chi connectivity index (χ1v) is 5.76. The highest BCUT2D eigenvalue weighted by molar-refractivity contribution is 5.84. The molecule has 0 saturated heterocycles. The molecule has 0 unspecified atom stereocenters. The van der Waals surface area contributed by atoms with Crippen LogP contribution in [0.1, 0.15) is 52.9 Å². The van der Waals surface area contributed by atoms with Crippen molar-refractivity contribution in [2.45, 2.75) is 58.5 Å². The van der Waals surface area contributed by atoms with Crippen LogP contribution in [0.25, 0.3) is 0 Å². The quantitative estimate of drug-likeness (QED) is 0.760. The predicted molar refractivity (Wildman–Crippen MR) is 61.2 cm³/mol. The van der Waals surface area contributed by atoms with E-state index in [4.69, 9.17) is 5.11 Å². The van der Waals surface area contributed by atoms with Gasteiger partial charge in [-0.05, 0) is 19.8 Å². The summed E-state index contributed by atoms with van der Waals surface area (Å²) in [6.07, 6.45) is 4.49. The fourth-order valence-corrected chi connectivity index (χ4v) is 1.49. The summed E-state index contributed by atoms with van der Waals surface area (Å²) < 4.78 is 0. The molecular weight excluding hydrogens is 208 g/mol. The Hall–Kier alpha value is -0.900. The number of aliphatic hydroxyl groups is 1. The maximum Gasteiger partial charge on any atom is 0.305 e. The second kappa shape index (κ2) is 6.63. The summed E-state index contributed by atoms with van der Waals surface area (Å²) in [5, 5.41) is 17.6. The Balaban J connectivity index is 0.000000325. The van der Waals surface area contributed by atoms with Crippen molar-refractivity contribution in [2.75, 3.05) is 0 Å². The van der Waals surface area contributed by atoms with Gasteiger partial charge >= 0.3 is 5.97 Å². The minimum Gasteiger partial charge on any atom is -0.481 e. The van der Waals surface area contributed by atoms with Crippen LogP contribution in [0.2, 0.25) is 0 Å². The number of carboxylic acid groups (broad SMARTS) is 1. The highest BCUT2D eigenvalue weighted by Gasteiger charge is 2.33. The minimum absolute atomic E-state index is 0.0628. The van der Waals surface area contributed by atoms with Gasteiger partial charge in [-0.3, -0.25) is 9.59 Å². The van der Waals surface area contributed by atoms with Crippen LogP contribution in [0.4, 0.5) is 0 Å². The van der Waals surface area contributed by atoms with Crippen LogP contribution < -0.4 is 0 Å². The lowest BCUT2D eigenvalue weighted by Gasteiger charge is -2.28. The molecule has 1 aliphatic rings. The van der Waals surface area contributed by atoms with Gasteiger partial charge in [-0.15, -0.1) is 0 Å². The molecule has 1 saturated carbocycles. The summed E-state index contributed by atoms with van der Waals surface area (Å²) in [5.41, 5.74) is -0.960. The number of aliphatic carboxylic acids is 1. The smallest absolute Gasteiger partial charge is 0.305 e. The van der Waals surface area contributed by atoms with Gasteiger partial charge in [0.15, 0.2) is 5.78 Å². The fraction of sp³-hybridized carbons (Fsp3) is 0.833. The summed E-state index contributed by atoms with van der Waals surface area (Å²) >= 11 is 0. The second-order valence-corrected chi connectivity index (χ2v) is 4.64. The van der Waals surface area contributed by atoms with Gasteiger partial charge in [0.05, 0.1) is 5.92 Å². The summed E-state index contributed by atoms with van der Waals surface area (Å²) in [6.45, 7) is 4.76. The van der Waals surface area contributed by atoms with E-state index in [-0.39, 0.29) is 11.7 Å². The maximum absolute atomic E-state index is 10.9. The number of hydrogen-bond acceptors (Lipinski definition) is 3. The van der Waals surface area contributed by atoms with Gasteiger partial charge in [0.1, 0.15) is 5.60 Å². The molecule has 94 valence electrons. The van der Waals surface area contributed by atoms with Gasteiger partial charge < -0.3 is 10.2 Å². The van der Waals surface area contributed by atoms with Gasteiger partial charge in [0, 0.05) is 0 Å². The number of Topliss-reactive ketones (excluding diaryl/α,β-unsaturated/α-hetero) is 1. The minimum atomic E-state index is -0.960. The molecule has 0 heterocycles. The first-order chi connectivity index (χ1) is 7.29. The van der Waals surface area contributed by atoms with E-state index in [1.54, 1.807) is 13.8 Å². The number of hydrogen-bond donors (Lipinski definition) is 2. The molecule has 16 heavy (non-hydrogen) atoms. The van der Waals surface area contributed by atoms with Gasteiger partial charge in [-0.1, -0.05) is 33.1 Å². The van der Waals surface area contributed by atoms with Crippen molar-refractivity contribution < 1.29 is 19.8 Å². The van der Waals surface area contributed by atoms with Crippen LogP contribution >= 0.6 is 0 Å². The number of carbonyl (C=O) groups excluding carboxylic acids is 1. The van der Waals surface area contributed by atoms with E-state index < -0.39 is 11.6 Å². The Morgan fingerprint density at radius 1 is 1.12 bits per heavy atom. The third-order valence-electron chi connectivity index (χ3n) is 2.83. The molecule has 0 radical (unpaired) electrons. The van der Waals surface area contributed by atoms with E-state index in [9.17, 15) is 14.7 Å². The van der Waals surface area contributed by atoms with E-state index >= 15 is 0 Å². The van der Waals surface area contributed by atoms with Gasteiger partial charge in [-0.25, -0.2) is 0 Å². The Bertz CT molecular complexity index is 239. The molecule has 0 spiro atoms. The highest BCUT2D eigenvalue weighted by Crippen LogP contribution is 2.28. The first kappa shape index (κ1) is 15.1. The zero-order chi connectivity index (χ0) is 12.8. The van der Waals surface area contributed by atoms with Crippen molar-refractivity contribution in [1.82, 2.24) is 0 Å². The lowest BCUT2D eigenvalue weighted by molar-refractivity contribution is -0.140. The Labute approximate surface area is 96.7 Å². The van der Waals surface area contributed by atoms with Crippen LogP contribution in [0, 0.1) is 5.92 Å². The van der Waals surface area contributed by atoms with Crippen molar-refractivity contribution in [3.63, 3.8) is 0 Å². The molecule has 0 aromatic rings. The first-order valence-electron chi connectivity index (χ1n) is 5.76. The Kier molecular flexibility index (Phi) is 6.26. The summed E-state index contributed by atoms with van der Waals surface area (Å²) in [5.74, 6) is -1.03. The number of carboxylic acids is 1. The molecule has 0 aromatic carbocycles. The summed E-state index contributed by atoms with van der Waals surface area (Å²) in [7, 11) is 0. The monoisotopic (exact) mass is 230 g/mol. The maximum atomic E-state index is 10.9. The number of rotatable bonds is 2. The number of carbonyl (C=O) groups is 2. The van der Waals surface area contributed by atoms with Crippen LogP contribution in [-0.4, -0.2) is 27.6 Å². The lowest BCUT2D eigenvalue weighted by atomic mass is 9.82. The third-order valence-corrected chi connectivity index (χ3v) is 2.83. The van der Waals surface area contributed by atoms with Gasteiger partial charge in [0.2, 0.25) is 0 Å². The van der Waals surface area contributed by atoms with E-state index in [0.717, 1.165) is 19.3 Å². The van der Waals surface area contributed by atoms with E-state index in [0.29, 0.717) is 12.8 Å². The van der Waals surface area contributed by atoms with Crippen molar-refractivity contribution in [1.29, 1.82) is 0 Å². The molecule has 0 atom stereocenters. The molecule has 1 rings (SSSR count). The van der Waals surface area contributed by atoms with Crippen LogP contribution in [0.5, 0.6) is 0 Å². The molecule has 0 bridgehead atoms. The van der Waals surface area contributed by atoms with E-state index in [1.807, 2.05) is 0 Å².